The van der Waals surface area contributed by atoms with Gasteiger partial charge in [0.2, 0.25) is 0 Å². The van der Waals surface area contributed by atoms with Crippen molar-refractivity contribution in [2.24, 2.45) is 0 Å². The Bertz CT molecular complexity index is 768. The maximum absolute atomic E-state index is 12.5. The lowest BCUT2D eigenvalue weighted by Gasteiger charge is -2.18. The Morgan fingerprint density at radius 3 is 2.04 bits per heavy atom. The molecule has 0 spiro atoms. The standard InChI is InChI=1S/C21H22O5/c1-13-3-5-14(6-4-13)19(22)15-7-9-16(10-8-15)26-18-12-25-20-17(23-2)11-24-21(18)20/h3-10,17-18,20-21H,11-12H2,1-2H3/t17-,18-,20+,21+/m0/s1. The second-order valence-electron chi connectivity index (χ2n) is 6.75. The molecule has 4 atom stereocenters. The summed E-state index contributed by atoms with van der Waals surface area (Å²) in [7, 11) is 1.66. The molecule has 2 saturated heterocycles. The summed E-state index contributed by atoms with van der Waals surface area (Å²) in [6.07, 6.45) is -0.400. The van der Waals surface area contributed by atoms with Gasteiger partial charge < -0.3 is 18.9 Å². The van der Waals surface area contributed by atoms with Gasteiger partial charge >= 0.3 is 0 Å². The summed E-state index contributed by atoms with van der Waals surface area (Å²) >= 11 is 0. The maximum Gasteiger partial charge on any atom is 0.193 e. The van der Waals surface area contributed by atoms with Crippen LogP contribution in [0, 0.1) is 6.92 Å². The Morgan fingerprint density at radius 1 is 0.885 bits per heavy atom. The monoisotopic (exact) mass is 354 g/mol. The zero-order chi connectivity index (χ0) is 18.1. The van der Waals surface area contributed by atoms with Gasteiger partial charge in [-0.15, -0.1) is 0 Å². The van der Waals surface area contributed by atoms with Gasteiger partial charge in [-0.05, 0) is 31.2 Å². The number of ketones is 1. The Morgan fingerprint density at radius 2 is 1.42 bits per heavy atom. The minimum absolute atomic E-state index is 0.00266. The van der Waals surface area contributed by atoms with Crippen molar-refractivity contribution in [3.8, 4) is 5.75 Å². The highest BCUT2D eigenvalue weighted by molar-refractivity contribution is 6.09. The summed E-state index contributed by atoms with van der Waals surface area (Å²) in [6, 6.07) is 14.8. The number of rotatable bonds is 5. The summed E-state index contributed by atoms with van der Waals surface area (Å²) in [6.45, 7) is 3.00. The van der Waals surface area contributed by atoms with Crippen molar-refractivity contribution in [3.05, 3.63) is 65.2 Å². The zero-order valence-electron chi connectivity index (χ0n) is 14.9. The minimum atomic E-state index is -0.168. The van der Waals surface area contributed by atoms with Crippen LogP contribution in [0.25, 0.3) is 0 Å². The Hall–Kier alpha value is -2.21. The first kappa shape index (κ1) is 17.2. The molecule has 5 heteroatoms. The first-order valence-corrected chi connectivity index (χ1v) is 8.80. The number of aryl methyl sites for hydroxylation is 1. The average molecular weight is 354 g/mol. The Kier molecular flexibility index (Phi) is 4.76. The summed E-state index contributed by atoms with van der Waals surface area (Å²) in [5, 5.41) is 0. The smallest absolute Gasteiger partial charge is 0.193 e. The van der Waals surface area contributed by atoms with E-state index in [0.29, 0.717) is 30.1 Å². The molecule has 0 aliphatic carbocycles. The van der Waals surface area contributed by atoms with Crippen LogP contribution in [0.1, 0.15) is 21.5 Å². The van der Waals surface area contributed by atoms with E-state index >= 15 is 0 Å². The van der Waals surface area contributed by atoms with Crippen LogP contribution in [-0.2, 0) is 14.2 Å². The highest BCUT2D eigenvalue weighted by Gasteiger charge is 2.49. The predicted molar refractivity (Wildman–Crippen MR) is 95.7 cm³/mol. The lowest BCUT2D eigenvalue weighted by molar-refractivity contribution is -0.0138. The SMILES string of the molecule is CO[C@H]1CO[C@H]2[C@@H]1OC[C@@H]2Oc1ccc(C(=O)c2ccc(C)cc2)cc1. The van der Waals surface area contributed by atoms with Crippen molar-refractivity contribution in [2.75, 3.05) is 20.3 Å². The summed E-state index contributed by atoms with van der Waals surface area (Å²) in [4.78, 5) is 12.5. The second-order valence-corrected chi connectivity index (χ2v) is 6.75. The van der Waals surface area contributed by atoms with E-state index in [9.17, 15) is 4.79 Å². The molecule has 0 amide bonds. The van der Waals surface area contributed by atoms with Crippen molar-refractivity contribution in [3.63, 3.8) is 0 Å². The summed E-state index contributed by atoms with van der Waals surface area (Å²) < 4.78 is 22.9. The van der Waals surface area contributed by atoms with Crippen LogP contribution >= 0.6 is 0 Å². The van der Waals surface area contributed by atoms with Crippen molar-refractivity contribution in [1.82, 2.24) is 0 Å². The van der Waals surface area contributed by atoms with Crippen LogP contribution in [-0.4, -0.2) is 50.5 Å². The molecule has 0 N–H and O–H groups in total. The quantitative estimate of drug-likeness (QED) is 0.773. The topological polar surface area (TPSA) is 54.0 Å². The van der Waals surface area contributed by atoms with Gasteiger partial charge in [0.25, 0.3) is 0 Å². The van der Waals surface area contributed by atoms with Crippen LogP contribution < -0.4 is 4.74 Å². The molecule has 2 aromatic rings. The Labute approximate surface area is 152 Å². The molecule has 2 heterocycles. The van der Waals surface area contributed by atoms with E-state index in [0.717, 1.165) is 5.56 Å². The van der Waals surface area contributed by atoms with Gasteiger partial charge in [-0.25, -0.2) is 0 Å². The van der Waals surface area contributed by atoms with E-state index < -0.39 is 0 Å². The number of ether oxygens (including phenoxy) is 4. The molecular formula is C21H22O5. The number of benzene rings is 2. The first-order chi connectivity index (χ1) is 12.7. The molecule has 136 valence electrons. The number of carbonyl (C=O) groups is 1. The second kappa shape index (κ2) is 7.19. The van der Waals surface area contributed by atoms with Crippen LogP contribution in [0.2, 0.25) is 0 Å². The molecule has 5 nitrogen and oxygen atoms in total. The molecule has 0 unspecified atom stereocenters. The molecule has 2 aliphatic rings. The van der Waals surface area contributed by atoms with Crippen LogP contribution in [0.4, 0.5) is 0 Å². The van der Waals surface area contributed by atoms with Crippen molar-refractivity contribution >= 4 is 5.78 Å². The van der Waals surface area contributed by atoms with E-state index in [1.54, 1.807) is 19.2 Å². The van der Waals surface area contributed by atoms with Crippen LogP contribution in [0.5, 0.6) is 5.75 Å². The van der Waals surface area contributed by atoms with E-state index in [-0.39, 0.29) is 30.2 Å². The highest BCUT2D eigenvalue weighted by atomic mass is 16.6. The number of methoxy groups -OCH3 is 1. The predicted octanol–water partition coefficient (Wildman–Crippen LogP) is 2.79. The summed E-state index contributed by atoms with van der Waals surface area (Å²) in [5.74, 6) is 0.701. The third-order valence-corrected chi connectivity index (χ3v) is 4.98. The van der Waals surface area contributed by atoms with Crippen molar-refractivity contribution < 1.29 is 23.7 Å². The molecule has 0 saturated carbocycles. The Balaban J connectivity index is 1.42. The fraction of sp³-hybridized carbons (Fsp3) is 0.381. The number of carbonyl (C=O) groups excluding carboxylic acids is 1. The van der Waals surface area contributed by atoms with Gasteiger partial charge in [0.15, 0.2) is 11.9 Å². The lowest BCUT2D eigenvalue weighted by Crippen LogP contribution is -2.35. The highest BCUT2D eigenvalue weighted by Crippen LogP contribution is 2.31. The van der Waals surface area contributed by atoms with E-state index in [2.05, 4.69) is 0 Å². The third-order valence-electron chi connectivity index (χ3n) is 4.98. The maximum atomic E-state index is 12.5. The van der Waals surface area contributed by atoms with Crippen LogP contribution in [0.15, 0.2) is 48.5 Å². The van der Waals surface area contributed by atoms with Gasteiger partial charge in [-0.3, -0.25) is 4.79 Å². The van der Waals surface area contributed by atoms with Gasteiger partial charge in [-0.1, -0.05) is 29.8 Å². The van der Waals surface area contributed by atoms with Crippen LogP contribution in [0.3, 0.4) is 0 Å². The van der Waals surface area contributed by atoms with Crippen molar-refractivity contribution in [1.29, 1.82) is 0 Å². The largest absolute Gasteiger partial charge is 0.485 e. The zero-order valence-corrected chi connectivity index (χ0v) is 14.9. The van der Waals surface area contributed by atoms with E-state index in [1.165, 1.54) is 0 Å². The van der Waals surface area contributed by atoms with Gasteiger partial charge in [0, 0.05) is 18.2 Å². The normalized spacial score (nSPS) is 27.3. The molecule has 26 heavy (non-hydrogen) atoms. The average Bonchev–Trinajstić information content (AvgIpc) is 3.25. The van der Waals surface area contributed by atoms with E-state index in [1.807, 2.05) is 43.3 Å². The molecular weight excluding hydrogens is 332 g/mol. The number of hydrogen-bond donors (Lipinski definition) is 0. The first-order valence-electron chi connectivity index (χ1n) is 8.80. The summed E-state index contributed by atoms with van der Waals surface area (Å²) in [5.41, 5.74) is 2.45. The van der Waals surface area contributed by atoms with Gasteiger partial charge in [-0.2, -0.15) is 0 Å². The molecule has 2 fully saturated rings. The molecule has 0 radical (unpaired) electrons. The molecule has 2 aliphatic heterocycles. The molecule has 4 rings (SSSR count). The number of fused-ring (bicyclic) bond motifs is 1. The van der Waals surface area contributed by atoms with E-state index in [4.69, 9.17) is 18.9 Å². The molecule has 0 bridgehead atoms. The van der Waals surface area contributed by atoms with Gasteiger partial charge in [0.05, 0.1) is 13.2 Å². The minimum Gasteiger partial charge on any atom is -0.485 e. The fourth-order valence-corrected chi connectivity index (χ4v) is 3.46. The molecule has 2 aromatic carbocycles. The third kappa shape index (κ3) is 3.26. The lowest BCUT2D eigenvalue weighted by atomic mass is 10.0. The fourth-order valence-electron chi connectivity index (χ4n) is 3.46. The molecule has 0 aromatic heterocycles. The van der Waals surface area contributed by atoms with Gasteiger partial charge in [0.1, 0.15) is 24.1 Å². The number of hydrogen-bond acceptors (Lipinski definition) is 5. The van der Waals surface area contributed by atoms with Crippen molar-refractivity contribution in [2.45, 2.75) is 31.3 Å².